The quantitative estimate of drug-likeness (QED) is 0.603. The maximum absolute atomic E-state index is 5.92. The highest BCUT2D eigenvalue weighted by molar-refractivity contribution is 6.75. The molecule has 5 nitrogen and oxygen atoms in total. The molecule has 0 aromatic heterocycles. The van der Waals surface area contributed by atoms with Crippen LogP contribution in [0.4, 0.5) is 0 Å². The van der Waals surface area contributed by atoms with Gasteiger partial charge < -0.3 is 22.1 Å². The molecule has 0 aliphatic carbocycles. The van der Waals surface area contributed by atoms with Gasteiger partial charge in [-0.25, -0.2) is 0 Å². The van der Waals surface area contributed by atoms with Gasteiger partial charge in [-0.1, -0.05) is 6.07 Å². The summed E-state index contributed by atoms with van der Waals surface area (Å²) in [6.45, 7) is 2.44. The predicted molar refractivity (Wildman–Crippen MR) is 80.6 cm³/mol. The Morgan fingerprint density at radius 1 is 1.25 bits per heavy atom. The highest BCUT2D eigenvalue weighted by atomic mass is 35.5. The van der Waals surface area contributed by atoms with Crippen LogP contribution in [0.5, 0.6) is 5.75 Å². The zero-order chi connectivity index (χ0) is 14.8. The molecule has 112 valence electrons. The van der Waals surface area contributed by atoms with Crippen molar-refractivity contribution in [3.63, 3.8) is 0 Å². The zero-order valence-corrected chi connectivity index (χ0v) is 14.8. The molecule has 0 N–H and O–H groups in total. The molecule has 1 aromatic rings. The Hall–Kier alpha value is -0.416. The molecule has 0 bridgehead atoms. The number of benzene rings is 1. The average Bonchev–Trinajstić information content (AvgIpc) is 2.49. The normalized spacial score (nSPS) is 22.2. The molecule has 1 heterocycles. The molecule has 1 unspecified atom stereocenters. The minimum absolute atomic E-state index is 0.404. The van der Waals surface area contributed by atoms with Gasteiger partial charge in [0.2, 0.25) is 0 Å². The van der Waals surface area contributed by atoms with Gasteiger partial charge in [-0.05, 0) is 18.7 Å². The Bertz CT molecular complexity index is 475. The molecule has 1 aromatic carbocycles. The lowest BCUT2D eigenvalue weighted by molar-refractivity contribution is 0.140. The fourth-order valence-electron chi connectivity index (χ4n) is 2.14. The van der Waals surface area contributed by atoms with Crippen LogP contribution in [-0.4, -0.2) is 44.2 Å². The summed E-state index contributed by atoms with van der Waals surface area (Å²) in [5.41, 5.74) is 1.36. The third-order valence-corrected chi connectivity index (χ3v) is 9.30. The van der Waals surface area contributed by atoms with Crippen LogP contribution < -0.4 is 9.61 Å². The summed E-state index contributed by atoms with van der Waals surface area (Å²) in [4.78, 5) is 0. The van der Waals surface area contributed by atoms with Crippen LogP contribution >= 0.6 is 11.6 Å². The van der Waals surface area contributed by atoms with Crippen molar-refractivity contribution < 1.29 is 22.1 Å². The number of halogens is 1. The predicted octanol–water partition coefficient (Wildman–Crippen LogP) is 1.53. The maximum atomic E-state index is 5.92. The van der Waals surface area contributed by atoms with Gasteiger partial charge in [0.05, 0.1) is 12.1 Å². The molecule has 0 spiro atoms. The van der Waals surface area contributed by atoms with Gasteiger partial charge in [-0.15, -0.1) is 11.6 Å². The molecule has 1 atom stereocenters. The van der Waals surface area contributed by atoms with Gasteiger partial charge in [0.1, 0.15) is 5.75 Å². The minimum Gasteiger partial charge on any atom is -0.519 e. The maximum Gasteiger partial charge on any atom is 0.536 e. The molecule has 2 rings (SSSR count). The number of hydrogen-bond donors (Lipinski definition) is 0. The third-order valence-electron chi connectivity index (χ3n) is 3.32. The van der Waals surface area contributed by atoms with Crippen LogP contribution in [-0.2, 0) is 24.3 Å². The highest BCUT2D eigenvalue weighted by Gasteiger charge is 2.43. The van der Waals surface area contributed by atoms with E-state index in [-0.39, 0.29) is 0 Å². The molecule has 0 radical (unpaired) electrons. The van der Waals surface area contributed by atoms with Crippen molar-refractivity contribution in [3.8, 4) is 5.75 Å². The zero-order valence-electron chi connectivity index (χ0n) is 12.1. The molecule has 20 heavy (non-hydrogen) atoms. The summed E-state index contributed by atoms with van der Waals surface area (Å²) in [6, 6.07) is 5.78. The van der Waals surface area contributed by atoms with E-state index in [0.717, 1.165) is 16.5 Å². The summed E-state index contributed by atoms with van der Waals surface area (Å²) in [5, 5.41) is 0.882. The Balaban J connectivity index is 2.34. The van der Waals surface area contributed by atoms with Crippen LogP contribution in [0.3, 0.4) is 0 Å². The van der Waals surface area contributed by atoms with Crippen molar-refractivity contribution in [2.75, 3.05) is 26.8 Å². The first-order valence-corrected chi connectivity index (χ1v) is 11.0. The Labute approximate surface area is 126 Å². The second-order valence-electron chi connectivity index (χ2n) is 4.65. The highest BCUT2D eigenvalue weighted by Crippen LogP contribution is 2.29. The number of fused-ring (bicyclic) bond motifs is 1. The summed E-state index contributed by atoms with van der Waals surface area (Å²) in [6.07, 6.45) is 0. The molecule has 8 heteroatoms. The van der Waals surface area contributed by atoms with E-state index in [1.807, 2.05) is 24.7 Å². The van der Waals surface area contributed by atoms with Crippen molar-refractivity contribution in [1.82, 2.24) is 0 Å². The molecule has 0 saturated carbocycles. The smallest absolute Gasteiger partial charge is 0.519 e. The van der Waals surface area contributed by atoms with Crippen LogP contribution in [0, 0.1) is 0 Å². The summed E-state index contributed by atoms with van der Waals surface area (Å²) in [5.74, 6) is 0.820. The lowest BCUT2D eigenvalue weighted by Crippen LogP contribution is -2.55. The summed E-state index contributed by atoms with van der Waals surface area (Å²) in [7, 11) is -0.330. The Kier molecular flexibility index (Phi) is 4.90. The number of rotatable bonds is 5. The van der Waals surface area contributed by atoms with E-state index in [4.69, 9.17) is 33.7 Å². The van der Waals surface area contributed by atoms with Crippen molar-refractivity contribution >= 4 is 34.2 Å². The minimum atomic E-state index is -2.82. The molecule has 0 amide bonds. The van der Waals surface area contributed by atoms with Crippen molar-refractivity contribution in [3.05, 3.63) is 23.8 Å². The molecular formula is C12H19ClO5Si2. The molecule has 0 fully saturated rings. The summed E-state index contributed by atoms with van der Waals surface area (Å²) >= 11 is 5.92. The van der Waals surface area contributed by atoms with Crippen LogP contribution in [0.25, 0.3) is 0 Å². The third kappa shape index (κ3) is 2.80. The molecular weight excluding hydrogens is 316 g/mol. The first kappa shape index (κ1) is 16.0. The van der Waals surface area contributed by atoms with E-state index in [1.54, 1.807) is 21.3 Å². The van der Waals surface area contributed by atoms with Gasteiger partial charge in [0.15, 0.2) is 0 Å². The fraction of sp³-hybridized carbons (Fsp3) is 0.500. The van der Waals surface area contributed by atoms with Gasteiger partial charge in [-0.3, -0.25) is 0 Å². The van der Waals surface area contributed by atoms with Crippen LogP contribution in [0.2, 0.25) is 6.55 Å². The topological polar surface area (TPSA) is 46.2 Å². The lowest BCUT2D eigenvalue weighted by Gasteiger charge is -2.33. The first-order chi connectivity index (χ1) is 9.52. The van der Waals surface area contributed by atoms with Gasteiger partial charge in [0, 0.05) is 32.1 Å². The van der Waals surface area contributed by atoms with E-state index in [0.29, 0.717) is 12.1 Å². The lowest BCUT2D eigenvalue weighted by atomic mass is 10.2. The van der Waals surface area contributed by atoms with Crippen LogP contribution in [0.15, 0.2) is 18.2 Å². The molecule has 1 aliphatic heterocycles. The fourth-order valence-corrected chi connectivity index (χ4v) is 5.70. The Morgan fingerprint density at radius 3 is 2.45 bits per heavy atom. The largest absolute Gasteiger partial charge is 0.536 e. The number of hydrogen-bond acceptors (Lipinski definition) is 5. The number of alkyl halides is 1. The van der Waals surface area contributed by atoms with Crippen molar-refractivity contribution in [2.45, 2.75) is 13.2 Å². The van der Waals surface area contributed by atoms with Crippen LogP contribution in [0.1, 0.15) is 5.56 Å². The second kappa shape index (κ2) is 6.14. The molecule has 0 saturated heterocycles. The van der Waals surface area contributed by atoms with E-state index < -0.39 is 17.4 Å². The van der Waals surface area contributed by atoms with Gasteiger partial charge in [0.25, 0.3) is 0 Å². The first-order valence-electron chi connectivity index (χ1n) is 6.20. The van der Waals surface area contributed by atoms with Crippen molar-refractivity contribution in [2.24, 2.45) is 0 Å². The average molecular weight is 335 g/mol. The summed E-state index contributed by atoms with van der Waals surface area (Å²) < 4.78 is 28.1. The van der Waals surface area contributed by atoms with E-state index in [2.05, 4.69) is 0 Å². The standard InChI is InChI=1S/C12H19ClO5Si2/c1-14-20(15-2,16-3)11-5-6-12-10(7-11)8-17-19(4,9-13)18-12/h5-7H,8-9H2,1-4H3. The second-order valence-corrected chi connectivity index (χ2v) is 11.4. The molecule has 1 aliphatic rings. The van der Waals surface area contributed by atoms with Gasteiger partial charge in [-0.2, -0.15) is 0 Å². The van der Waals surface area contributed by atoms with E-state index in [1.165, 1.54) is 0 Å². The Morgan fingerprint density at radius 2 is 1.90 bits per heavy atom. The monoisotopic (exact) mass is 334 g/mol. The van der Waals surface area contributed by atoms with Crippen molar-refractivity contribution in [1.29, 1.82) is 0 Å². The van der Waals surface area contributed by atoms with E-state index >= 15 is 0 Å². The SMILES string of the molecule is CO[Si](OC)(OC)c1ccc2c(c1)CO[Si](C)(CCl)O2. The van der Waals surface area contributed by atoms with E-state index in [9.17, 15) is 0 Å². The van der Waals surface area contributed by atoms with Gasteiger partial charge >= 0.3 is 17.4 Å².